The van der Waals surface area contributed by atoms with Crippen molar-refractivity contribution < 1.29 is 23.9 Å². The zero-order valence-corrected chi connectivity index (χ0v) is 16.4. The van der Waals surface area contributed by atoms with Crippen molar-refractivity contribution in [3.63, 3.8) is 0 Å². The van der Waals surface area contributed by atoms with Gasteiger partial charge in [0.05, 0.1) is 13.2 Å². The molecule has 0 radical (unpaired) electrons. The second-order valence-corrected chi connectivity index (χ2v) is 6.44. The number of hydrogen-bond donors (Lipinski definition) is 0. The standard InChI is InChI=1S/C18H23IO5/c1-4-23-16(21)18(3,17(22)24-5-2)14-10-8-13(9-11-14)15(20)7-6-12-19/h8-11H,4-7,12H2,1-3H3. The van der Waals surface area contributed by atoms with Gasteiger partial charge in [-0.2, -0.15) is 0 Å². The van der Waals surface area contributed by atoms with Gasteiger partial charge >= 0.3 is 11.9 Å². The van der Waals surface area contributed by atoms with Crippen LogP contribution in [0.15, 0.2) is 24.3 Å². The number of carbonyl (C=O) groups excluding carboxylic acids is 3. The summed E-state index contributed by atoms with van der Waals surface area (Å²) in [6.45, 7) is 5.17. The Hall–Kier alpha value is -1.44. The molecule has 0 aliphatic carbocycles. The maximum Gasteiger partial charge on any atom is 0.327 e. The van der Waals surface area contributed by atoms with E-state index < -0.39 is 17.4 Å². The number of rotatable bonds is 9. The van der Waals surface area contributed by atoms with E-state index in [-0.39, 0.29) is 19.0 Å². The summed E-state index contributed by atoms with van der Waals surface area (Å²) in [6, 6.07) is 6.51. The summed E-state index contributed by atoms with van der Waals surface area (Å²) in [7, 11) is 0. The number of benzene rings is 1. The Balaban J connectivity index is 3.13. The fourth-order valence-electron chi connectivity index (χ4n) is 2.23. The Kier molecular flexibility index (Phi) is 8.38. The first kappa shape index (κ1) is 20.6. The molecule has 0 aromatic heterocycles. The van der Waals surface area contributed by atoms with Crippen molar-refractivity contribution in [2.75, 3.05) is 17.6 Å². The molecule has 1 aromatic carbocycles. The van der Waals surface area contributed by atoms with Gasteiger partial charge in [0.15, 0.2) is 11.2 Å². The first-order chi connectivity index (χ1) is 11.4. The topological polar surface area (TPSA) is 69.7 Å². The number of ether oxygens (including phenoxy) is 2. The molecule has 1 aromatic rings. The molecular formula is C18H23IO5. The molecule has 0 spiro atoms. The molecule has 5 nitrogen and oxygen atoms in total. The van der Waals surface area contributed by atoms with E-state index in [2.05, 4.69) is 22.6 Å². The van der Waals surface area contributed by atoms with Crippen molar-refractivity contribution in [1.82, 2.24) is 0 Å². The summed E-state index contributed by atoms with van der Waals surface area (Å²) in [4.78, 5) is 36.8. The van der Waals surface area contributed by atoms with Gasteiger partial charge < -0.3 is 9.47 Å². The van der Waals surface area contributed by atoms with E-state index in [9.17, 15) is 14.4 Å². The Morgan fingerprint density at radius 2 is 1.50 bits per heavy atom. The lowest BCUT2D eigenvalue weighted by atomic mass is 9.82. The second kappa shape index (κ2) is 9.76. The smallest absolute Gasteiger partial charge is 0.327 e. The molecule has 132 valence electrons. The van der Waals surface area contributed by atoms with Crippen LogP contribution in [0.2, 0.25) is 0 Å². The van der Waals surface area contributed by atoms with Crippen LogP contribution in [-0.4, -0.2) is 35.4 Å². The van der Waals surface area contributed by atoms with E-state index in [1.165, 1.54) is 6.92 Å². The van der Waals surface area contributed by atoms with Gasteiger partial charge in [-0.1, -0.05) is 46.9 Å². The van der Waals surface area contributed by atoms with Gasteiger partial charge in [0, 0.05) is 12.0 Å². The number of esters is 2. The fourth-order valence-corrected chi connectivity index (χ4v) is 2.61. The van der Waals surface area contributed by atoms with Gasteiger partial charge in [-0.05, 0) is 37.2 Å². The summed E-state index contributed by atoms with van der Waals surface area (Å²) >= 11 is 2.23. The largest absolute Gasteiger partial charge is 0.465 e. The first-order valence-corrected chi connectivity index (χ1v) is 9.48. The number of ketones is 1. The van der Waals surface area contributed by atoms with Crippen molar-refractivity contribution >= 4 is 40.3 Å². The van der Waals surface area contributed by atoms with Crippen LogP contribution in [0.25, 0.3) is 0 Å². The fraction of sp³-hybridized carbons (Fsp3) is 0.500. The van der Waals surface area contributed by atoms with Crippen molar-refractivity contribution in [2.45, 2.75) is 39.0 Å². The number of halogens is 1. The van der Waals surface area contributed by atoms with E-state index in [1.54, 1.807) is 38.1 Å². The number of hydrogen-bond acceptors (Lipinski definition) is 5. The summed E-state index contributed by atoms with van der Waals surface area (Å²) in [6.07, 6.45) is 1.31. The Bertz CT molecular complexity index is 562. The lowest BCUT2D eigenvalue weighted by molar-refractivity contribution is -0.163. The number of Topliss-reactive ketones (excluding diaryl/α,β-unsaturated/α-hetero) is 1. The Morgan fingerprint density at radius 3 is 1.92 bits per heavy atom. The van der Waals surface area contributed by atoms with E-state index in [0.29, 0.717) is 17.5 Å². The predicted octanol–water partition coefficient (Wildman–Crippen LogP) is 3.47. The van der Waals surface area contributed by atoms with Gasteiger partial charge in [-0.3, -0.25) is 14.4 Å². The third-order valence-electron chi connectivity index (χ3n) is 3.69. The van der Waals surface area contributed by atoms with Crippen LogP contribution in [0, 0.1) is 0 Å². The molecule has 24 heavy (non-hydrogen) atoms. The van der Waals surface area contributed by atoms with Crippen LogP contribution in [0.4, 0.5) is 0 Å². The molecule has 0 fully saturated rings. The molecule has 0 heterocycles. The van der Waals surface area contributed by atoms with Crippen molar-refractivity contribution in [3.05, 3.63) is 35.4 Å². The SMILES string of the molecule is CCOC(=O)C(C)(C(=O)OCC)c1ccc(C(=O)CCCI)cc1. The molecule has 0 aliphatic rings. The summed E-state index contributed by atoms with van der Waals surface area (Å²) < 4.78 is 11.0. The average Bonchev–Trinajstić information content (AvgIpc) is 2.59. The molecule has 0 aliphatic heterocycles. The zero-order valence-electron chi connectivity index (χ0n) is 14.3. The molecule has 0 unspecified atom stereocenters. The molecular weight excluding hydrogens is 423 g/mol. The number of alkyl halides is 1. The third-order valence-corrected chi connectivity index (χ3v) is 4.45. The molecule has 0 N–H and O–H groups in total. The van der Waals surface area contributed by atoms with Gasteiger partial charge in [-0.15, -0.1) is 0 Å². The normalized spacial score (nSPS) is 11.0. The summed E-state index contributed by atoms with van der Waals surface area (Å²) in [5.74, 6) is -1.27. The molecule has 0 bridgehead atoms. The molecule has 1 rings (SSSR count). The maximum absolute atomic E-state index is 12.4. The highest BCUT2D eigenvalue weighted by Crippen LogP contribution is 2.28. The minimum atomic E-state index is -1.55. The van der Waals surface area contributed by atoms with E-state index in [4.69, 9.17) is 9.47 Å². The number of carbonyl (C=O) groups is 3. The minimum Gasteiger partial charge on any atom is -0.465 e. The highest BCUT2D eigenvalue weighted by Gasteiger charge is 2.46. The average molecular weight is 446 g/mol. The monoisotopic (exact) mass is 446 g/mol. The van der Waals surface area contributed by atoms with Crippen LogP contribution >= 0.6 is 22.6 Å². The van der Waals surface area contributed by atoms with E-state index >= 15 is 0 Å². The molecule has 0 saturated carbocycles. The van der Waals surface area contributed by atoms with Gasteiger partial charge in [-0.25, -0.2) is 0 Å². The van der Waals surface area contributed by atoms with Crippen LogP contribution in [0.1, 0.15) is 49.5 Å². The van der Waals surface area contributed by atoms with Gasteiger partial charge in [0.2, 0.25) is 0 Å². The van der Waals surface area contributed by atoms with Crippen molar-refractivity contribution in [1.29, 1.82) is 0 Å². The highest BCUT2D eigenvalue weighted by molar-refractivity contribution is 14.1. The second-order valence-electron chi connectivity index (χ2n) is 5.36. The van der Waals surface area contributed by atoms with Crippen molar-refractivity contribution in [2.24, 2.45) is 0 Å². The highest BCUT2D eigenvalue weighted by atomic mass is 127. The minimum absolute atomic E-state index is 0.0483. The van der Waals surface area contributed by atoms with Gasteiger partial charge in [0.1, 0.15) is 0 Å². The zero-order chi connectivity index (χ0) is 18.2. The van der Waals surface area contributed by atoms with E-state index in [0.717, 1.165) is 10.8 Å². The van der Waals surface area contributed by atoms with Crippen LogP contribution in [0.3, 0.4) is 0 Å². The Morgan fingerprint density at radius 1 is 1.00 bits per heavy atom. The molecule has 0 saturated heterocycles. The van der Waals surface area contributed by atoms with Gasteiger partial charge in [0.25, 0.3) is 0 Å². The Labute approximate surface area is 156 Å². The summed E-state index contributed by atoms with van der Waals surface area (Å²) in [5, 5.41) is 0. The van der Waals surface area contributed by atoms with E-state index in [1.807, 2.05) is 0 Å². The van der Waals surface area contributed by atoms with Crippen LogP contribution in [-0.2, 0) is 24.5 Å². The first-order valence-electron chi connectivity index (χ1n) is 7.95. The molecule has 6 heteroatoms. The third kappa shape index (κ3) is 4.78. The lowest BCUT2D eigenvalue weighted by Crippen LogP contribution is -2.43. The lowest BCUT2D eigenvalue weighted by Gasteiger charge is -2.25. The van der Waals surface area contributed by atoms with Crippen LogP contribution < -0.4 is 0 Å². The maximum atomic E-state index is 12.4. The quantitative estimate of drug-likeness (QED) is 0.191. The predicted molar refractivity (Wildman–Crippen MR) is 99.5 cm³/mol. The molecule has 0 atom stereocenters. The van der Waals surface area contributed by atoms with Crippen molar-refractivity contribution in [3.8, 4) is 0 Å². The molecule has 0 amide bonds. The summed E-state index contributed by atoms with van der Waals surface area (Å²) in [5.41, 5.74) is -0.529. The van der Waals surface area contributed by atoms with Crippen LogP contribution in [0.5, 0.6) is 0 Å².